The van der Waals surface area contributed by atoms with Gasteiger partial charge in [0.2, 0.25) is 0 Å². The number of nitrogens with zero attached hydrogens (tertiary/aromatic N) is 1. The molecule has 1 N–H and O–H groups in total. The standard InChI is InChI=1S/C18H21ClN2/c1-18(2)13-21(16-11-7-6-10-15(16)19)17(12-20-18)14-8-4-3-5-9-14/h3-11,17,20H,12-13H2,1-2H3. The van der Waals surface area contributed by atoms with E-state index in [-0.39, 0.29) is 5.54 Å². The number of anilines is 1. The monoisotopic (exact) mass is 300 g/mol. The first kappa shape index (κ1) is 14.4. The van der Waals surface area contributed by atoms with Gasteiger partial charge in [-0.3, -0.25) is 0 Å². The third-order valence-corrected chi connectivity index (χ3v) is 4.38. The molecule has 1 aliphatic rings. The molecule has 1 atom stereocenters. The van der Waals surface area contributed by atoms with Gasteiger partial charge in [-0.2, -0.15) is 0 Å². The first-order valence-corrected chi connectivity index (χ1v) is 7.76. The predicted octanol–water partition coefficient (Wildman–Crippen LogP) is 4.27. The summed E-state index contributed by atoms with van der Waals surface area (Å²) in [7, 11) is 0. The molecule has 0 spiro atoms. The van der Waals surface area contributed by atoms with Gasteiger partial charge < -0.3 is 10.2 Å². The maximum atomic E-state index is 6.44. The van der Waals surface area contributed by atoms with E-state index in [9.17, 15) is 0 Å². The largest absolute Gasteiger partial charge is 0.360 e. The highest BCUT2D eigenvalue weighted by Gasteiger charge is 2.34. The summed E-state index contributed by atoms with van der Waals surface area (Å²) in [6.45, 7) is 6.31. The summed E-state index contributed by atoms with van der Waals surface area (Å²) in [5, 5.41) is 4.46. The average molecular weight is 301 g/mol. The molecule has 2 aromatic rings. The number of benzene rings is 2. The zero-order chi connectivity index (χ0) is 14.9. The Morgan fingerprint density at radius 3 is 2.43 bits per heavy atom. The van der Waals surface area contributed by atoms with Crippen LogP contribution in [0.3, 0.4) is 0 Å². The number of hydrogen-bond donors (Lipinski definition) is 1. The second-order valence-corrected chi connectivity index (χ2v) is 6.68. The summed E-state index contributed by atoms with van der Waals surface area (Å²) in [5.41, 5.74) is 2.51. The van der Waals surface area contributed by atoms with Crippen LogP contribution in [-0.4, -0.2) is 18.6 Å². The normalized spacial score (nSPS) is 21.3. The zero-order valence-corrected chi connectivity index (χ0v) is 13.3. The zero-order valence-electron chi connectivity index (χ0n) is 12.5. The summed E-state index contributed by atoms with van der Waals surface area (Å²) >= 11 is 6.44. The molecule has 1 aliphatic heterocycles. The van der Waals surface area contributed by atoms with Crippen LogP contribution >= 0.6 is 11.6 Å². The van der Waals surface area contributed by atoms with E-state index in [2.05, 4.69) is 66.5 Å². The van der Waals surface area contributed by atoms with Gasteiger partial charge in [0, 0.05) is 18.6 Å². The minimum absolute atomic E-state index is 0.0739. The lowest BCUT2D eigenvalue weighted by molar-refractivity contribution is 0.312. The molecule has 1 fully saturated rings. The molecule has 3 rings (SSSR count). The van der Waals surface area contributed by atoms with E-state index in [4.69, 9.17) is 11.6 Å². The fourth-order valence-corrected chi connectivity index (χ4v) is 3.23. The molecule has 0 saturated carbocycles. The van der Waals surface area contributed by atoms with Crippen LogP contribution in [0.15, 0.2) is 54.6 Å². The maximum Gasteiger partial charge on any atom is 0.0668 e. The third-order valence-electron chi connectivity index (χ3n) is 4.06. The molecule has 21 heavy (non-hydrogen) atoms. The van der Waals surface area contributed by atoms with E-state index in [0.717, 1.165) is 23.8 Å². The van der Waals surface area contributed by atoms with E-state index in [1.807, 2.05) is 12.1 Å². The minimum Gasteiger partial charge on any atom is -0.360 e. The van der Waals surface area contributed by atoms with Gasteiger partial charge >= 0.3 is 0 Å². The fourth-order valence-electron chi connectivity index (χ4n) is 2.99. The lowest BCUT2D eigenvalue weighted by Crippen LogP contribution is -2.58. The van der Waals surface area contributed by atoms with E-state index in [1.54, 1.807) is 0 Å². The van der Waals surface area contributed by atoms with Crippen LogP contribution in [0.4, 0.5) is 5.69 Å². The van der Waals surface area contributed by atoms with Crippen LogP contribution in [-0.2, 0) is 0 Å². The van der Waals surface area contributed by atoms with Gasteiger partial charge in [-0.15, -0.1) is 0 Å². The molecule has 0 aliphatic carbocycles. The average Bonchev–Trinajstić information content (AvgIpc) is 2.48. The molecule has 0 amide bonds. The topological polar surface area (TPSA) is 15.3 Å². The van der Waals surface area contributed by atoms with Crippen LogP contribution in [0.5, 0.6) is 0 Å². The number of halogens is 1. The summed E-state index contributed by atoms with van der Waals surface area (Å²) in [6.07, 6.45) is 0. The summed E-state index contributed by atoms with van der Waals surface area (Å²) < 4.78 is 0. The summed E-state index contributed by atoms with van der Waals surface area (Å²) in [4.78, 5) is 2.42. The highest BCUT2D eigenvalue weighted by Crippen LogP contribution is 2.35. The molecular formula is C18H21ClN2. The highest BCUT2D eigenvalue weighted by atomic mass is 35.5. The molecule has 3 heteroatoms. The van der Waals surface area contributed by atoms with Crippen molar-refractivity contribution in [2.45, 2.75) is 25.4 Å². The Balaban J connectivity index is 2.01. The van der Waals surface area contributed by atoms with Crippen LogP contribution in [0.2, 0.25) is 5.02 Å². The molecule has 110 valence electrons. The maximum absolute atomic E-state index is 6.44. The van der Waals surface area contributed by atoms with Gasteiger partial charge in [-0.1, -0.05) is 54.1 Å². The van der Waals surface area contributed by atoms with E-state index >= 15 is 0 Å². The highest BCUT2D eigenvalue weighted by molar-refractivity contribution is 6.33. The minimum atomic E-state index is 0.0739. The van der Waals surface area contributed by atoms with Crippen molar-refractivity contribution in [3.63, 3.8) is 0 Å². The Morgan fingerprint density at radius 2 is 1.71 bits per heavy atom. The Hall–Kier alpha value is -1.51. The van der Waals surface area contributed by atoms with E-state index in [1.165, 1.54) is 5.56 Å². The van der Waals surface area contributed by atoms with Gasteiger partial charge in [0.1, 0.15) is 0 Å². The first-order valence-electron chi connectivity index (χ1n) is 7.38. The quantitative estimate of drug-likeness (QED) is 0.891. The van der Waals surface area contributed by atoms with Crippen molar-refractivity contribution in [3.8, 4) is 0 Å². The number of rotatable bonds is 2. The van der Waals surface area contributed by atoms with Crippen molar-refractivity contribution in [2.24, 2.45) is 0 Å². The van der Waals surface area contributed by atoms with Crippen LogP contribution in [0.25, 0.3) is 0 Å². The number of hydrogen-bond acceptors (Lipinski definition) is 2. The third kappa shape index (κ3) is 3.07. The van der Waals surface area contributed by atoms with Gasteiger partial charge in [0.05, 0.1) is 16.8 Å². The van der Waals surface area contributed by atoms with Gasteiger partial charge in [-0.25, -0.2) is 0 Å². The van der Waals surface area contributed by atoms with E-state index < -0.39 is 0 Å². The molecule has 1 unspecified atom stereocenters. The van der Waals surface area contributed by atoms with E-state index in [0.29, 0.717) is 6.04 Å². The molecule has 0 bridgehead atoms. The summed E-state index contributed by atoms with van der Waals surface area (Å²) in [5.74, 6) is 0. The molecule has 2 nitrogen and oxygen atoms in total. The molecule has 0 aromatic heterocycles. The first-order chi connectivity index (χ1) is 10.1. The van der Waals surface area contributed by atoms with Crippen molar-refractivity contribution in [3.05, 3.63) is 65.2 Å². The van der Waals surface area contributed by atoms with Gasteiger partial charge in [-0.05, 0) is 31.5 Å². The second-order valence-electron chi connectivity index (χ2n) is 6.27. The van der Waals surface area contributed by atoms with Crippen LogP contribution < -0.4 is 10.2 Å². The SMILES string of the molecule is CC1(C)CN(c2ccccc2Cl)C(c2ccccc2)CN1. The molecule has 0 radical (unpaired) electrons. The van der Waals surface area contributed by atoms with Gasteiger partial charge in [0.25, 0.3) is 0 Å². The Bertz CT molecular complexity index is 610. The second kappa shape index (κ2) is 5.70. The van der Waals surface area contributed by atoms with Crippen molar-refractivity contribution >= 4 is 17.3 Å². The molecular weight excluding hydrogens is 280 g/mol. The molecule has 2 aromatic carbocycles. The number of para-hydroxylation sites is 1. The Morgan fingerprint density at radius 1 is 1.05 bits per heavy atom. The van der Waals surface area contributed by atoms with Crippen molar-refractivity contribution in [2.75, 3.05) is 18.0 Å². The summed E-state index contributed by atoms with van der Waals surface area (Å²) in [6, 6.07) is 19.0. The fraction of sp³-hybridized carbons (Fsp3) is 0.333. The predicted molar refractivity (Wildman–Crippen MR) is 90.1 cm³/mol. The lowest BCUT2D eigenvalue weighted by atomic mass is 9.94. The number of nitrogens with one attached hydrogen (secondary N) is 1. The van der Waals surface area contributed by atoms with Gasteiger partial charge in [0.15, 0.2) is 0 Å². The van der Waals surface area contributed by atoms with Crippen molar-refractivity contribution in [1.82, 2.24) is 5.32 Å². The number of piperazine rings is 1. The molecule has 1 saturated heterocycles. The van der Waals surface area contributed by atoms with Crippen LogP contribution in [0.1, 0.15) is 25.5 Å². The Kier molecular flexibility index (Phi) is 3.92. The smallest absolute Gasteiger partial charge is 0.0668 e. The van der Waals surface area contributed by atoms with Crippen molar-refractivity contribution in [1.29, 1.82) is 0 Å². The molecule has 1 heterocycles. The lowest BCUT2D eigenvalue weighted by Gasteiger charge is -2.46. The van der Waals surface area contributed by atoms with Crippen molar-refractivity contribution < 1.29 is 0 Å². The Labute approximate surface area is 131 Å². The van der Waals surface area contributed by atoms with Crippen LogP contribution in [0, 0.1) is 0 Å².